The van der Waals surface area contributed by atoms with Crippen LogP contribution >= 0.6 is 24.0 Å². The fraction of sp³-hybridized carbons (Fsp3) is 0.929. The fourth-order valence-corrected chi connectivity index (χ4v) is 3.54. The first-order valence-corrected chi connectivity index (χ1v) is 9.79. The summed E-state index contributed by atoms with van der Waals surface area (Å²) in [5.41, 5.74) is -5.24. The second-order valence-corrected chi connectivity index (χ2v) is 8.22. The lowest BCUT2D eigenvalue weighted by atomic mass is 10.1. The summed E-state index contributed by atoms with van der Waals surface area (Å²) in [6.45, 7) is 1.58. The van der Waals surface area contributed by atoms with Crippen LogP contribution in [0, 0.1) is 5.92 Å². The maximum Gasteiger partial charge on any atom is 0.511 e. The minimum Gasteiger partial charge on any atom is -0.379 e. The largest absolute Gasteiger partial charge is 0.511 e. The lowest BCUT2D eigenvalue weighted by molar-refractivity contribution is -0.0494. The predicted octanol–water partition coefficient (Wildman–Crippen LogP) is 1.51. The molecule has 1 aliphatic heterocycles. The first kappa shape index (κ1) is 23.7. The van der Waals surface area contributed by atoms with Crippen molar-refractivity contribution < 1.29 is 26.3 Å². The normalized spacial score (nSPS) is 20.5. The van der Waals surface area contributed by atoms with Crippen LogP contribution in [0.1, 0.15) is 25.7 Å². The van der Waals surface area contributed by atoms with Crippen LogP contribution in [0.2, 0.25) is 0 Å². The van der Waals surface area contributed by atoms with Crippen molar-refractivity contribution in [2.24, 2.45) is 10.9 Å². The van der Waals surface area contributed by atoms with Gasteiger partial charge in [0.1, 0.15) is 0 Å². The van der Waals surface area contributed by atoms with Crippen molar-refractivity contribution >= 4 is 40.0 Å². The molecule has 2 N–H and O–H groups in total. The molecule has 154 valence electrons. The fourth-order valence-electron chi connectivity index (χ4n) is 2.55. The summed E-state index contributed by atoms with van der Waals surface area (Å²) in [5, 5.41) is 6.19. The van der Waals surface area contributed by atoms with Crippen LogP contribution in [0.5, 0.6) is 0 Å². The Labute approximate surface area is 169 Å². The van der Waals surface area contributed by atoms with Gasteiger partial charge in [-0.3, -0.25) is 4.99 Å². The van der Waals surface area contributed by atoms with Crippen molar-refractivity contribution in [3.05, 3.63) is 0 Å². The number of piperidine rings is 1. The van der Waals surface area contributed by atoms with Crippen LogP contribution in [0.15, 0.2) is 4.99 Å². The third-order valence-electron chi connectivity index (χ3n) is 4.24. The monoisotopic (exact) mass is 514 g/mol. The molecule has 1 heterocycles. The Morgan fingerprint density at radius 2 is 1.85 bits per heavy atom. The average molecular weight is 514 g/mol. The molecule has 7 nitrogen and oxygen atoms in total. The molecule has 2 aliphatic rings. The number of nitrogens with one attached hydrogen (secondary N) is 2. The smallest absolute Gasteiger partial charge is 0.379 e. The summed E-state index contributed by atoms with van der Waals surface area (Å²) in [6, 6.07) is -0.127. The zero-order valence-corrected chi connectivity index (χ0v) is 17.7. The highest BCUT2D eigenvalue weighted by molar-refractivity contribution is 14.0. The number of alkyl halides is 3. The summed E-state index contributed by atoms with van der Waals surface area (Å²) in [7, 11) is -3.64. The second-order valence-electron chi connectivity index (χ2n) is 6.29. The highest BCUT2D eigenvalue weighted by Gasteiger charge is 2.50. The van der Waals surface area contributed by atoms with Gasteiger partial charge in [0.2, 0.25) is 0 Å². The number of guanidine groups is 1. The van der Waals surface area contributed by atoms with Gasteiger partial charge in [0.25, 0.3) is 0 Å². The first-order chi connectivity index (χ1) is 11.7. The average Bonchev–Trinajstić information content (AvgIpc) is 3.37. The number of halogens is 4. The van der Waals surface area contributed by atoms with Crippen LogP contribution in [0.25, 0.3) is 0 Å². The van der Waals surface area contributed by atoms with E-state index in [-0.39, 0.29) is 55.9 Å². The molecule has 0 amide bonds. The molecular formula is C14H26F3IN4O3S. The summed E-state index contributed by atoms with van der Waals surface area (Å²) < 4.78 is 66.4. The summed E-state index contributed by atoms with van der Waals surface area (Å²) in [4.78, 5) is 4.06. The van der Waals surface area contributed by atoms with Crippen molar-refractivity contribution in [3.63, 3.8) is 0 Å². The van der Waals surface area contributed by atoms with E-state index < -0.39 is 15.5 Å². The highest BCUT2D eigenvalue weighted by Crippen LogP contribution is 2.29. The Bertz CT molecular complexity index is 562. The van der Waals surface area contributed by atoms with E-state index in [9.17, 15) is 21.6 Å². The van der Waals surface area contributed by atoms with E-state index in [0.717, 1.165) is 6.61 Å². The summed E-state index contributed by atoms with van der Waals surface area (Å²) >= 11 is 0. The van der Waals surface area contributed by atoms with Gasteiger partial charge in [-0.2, -0.15) is 17.5 Å². The molecule has 0 atom stereocenters. The molecule has 26 heavy (non-hydrogen) atoms. The zero-order valence-electron chi connectivity index (χ0n) is 14.6. The quantitative estimate of drug-likeness (QED) is 0.233. The standard InChI is InChI=1S/C14H25F3N4O3S.HI/c1-18-13(19-6-9-24-10-11-2-3-11)20-12-4-7-21(8-5-12)25(22,23)14(15,16)17;/h11-12H,2-10H2,1H3,(H2,18,19,20);1H. The van der Waals surface area contributed by atoms with E-state index >= 15 is 0 Å². The van der Waals surface area contributed by atoms with Crippen molar-refractivity contribution in [2.75, 3.05) is 39.9 Å². The Morgan fingerprint density at radius 3 is 2.35 bits per heavy atom. The molecule has 0 aromatic carbocycles. The molecule has 0 aromatic rings. The van der Waals surface area contributed by atoms with E-state index in [1.54, 1.807) is 7.05 Å². The second kappa shape index (κ2) is 10.3. The molecule has 0 bridgehead atoms. The Kier molecular flexibility index (Phi) is 9.36. The van der Waals surface area contributed by atoms with Crippen LogP contribution in [0.4, 0.5) is 13.2 Å². The van der Waals surface area contributed by atoms with E-state index in [0.29, 0.717) is 29.3 Å². The predicted molar refractivity (Wildman–Crippen MR) is 103 cm³/mol. The molecule has 1 saturated heterocycles. The number of nitrogens with zero attached hydrogens (tertiary/aromatic N) is 2. The molecular weight excluding hydrogens is 488 g/mol. The van der Waals surface area contributed by atoms with Gasteiger partial charge in [0.05, 0.1) is 6.61 Å². The number of hydrogen-bond acceptors (Lipinski definition) is 4. The Morgan fingerprint density at radius 1 is 1.23 bits per heavy atom. The van der Waals surface area contributed by atoms with Gasteiger partial charge in [-0.1, -0.05) is 0 Å². The van der Waals surface area contributed by atoms with Crippen LogP contribution in [0.3, 0.4) is 0 Å². The van der Waals surface area contributed by atoms with Gasteiger partial charge in [0, 0.05) is 39.3 Å². The lowest BCUT2D eigenvalue weighted by Gasteiger charge is -2.32. The van der Waals surface area contributed by atoms with E-state index in [1.165, 1.54) is 12.8 Å². The molecule has 0 spiro atoms. The van der Waals surface area contributed by atoms with Crippen molar-refractivity contribution in [1.82, 2.24) is 14.9 Å². The van der Waals surface area contributed by atoms with E-state index in [2.05, 4.69) is 15.6 Å². The van der Waals surface area contributed by atoms with Gasteiger partial charge < -0.3 is 15.4 Å². The maximum atomic E-state index is 12.5. The van der Waals surface area contributed by atoms with E-state index in [4.69, 9.17) is 4.74 Å². The molecule has 12 heteroatoms. The minimum absolute atomic E-state index is 0. The number of rotatable bonds is 7. The molecule has 2 rings (SSSR count). The third kappa shape index (κ3) is 7.00. The Balaban J connectivity index is 0.00000338. The first-order valence-electron chi connectivity index (χ1n) is 8.35. The molecule has 2 fully saturated rings. The molecule has 0 unspecified atom stereocenters. The van der Waals surface area contributed by atoms with Gasteiger partial charge in [-0.05, 0) is 31.6 Å². The molecule has 1 saturated carbocycles. The van der Waals surface area contributed by atoms with Crippen LogP contribution in [-0.2, 0) is 14.8 Å². The van der Waals surface area contributed by atoms with Crippen molar-refractivity contribution in [3.8, 4) is 0 Å². The lowest BCUT2D eigenvalue weighted by Crippen LogP contribution is -2.51. The van der Waals surface area contributed by atoms with Gasteiger partial charge in [-0.15, -0.1) is 24.0 Å². The van der Waals surface area contributed by atoms with E-state index in [1.807, 2.05) is 0 Å². The van der Waals surface area contributed by atoms with Crippen molar-refractivity contribution in [1.29, 1.82) is 0 Å². The van der Waals surface area contributed by atoms with Gasteiger partial charge in [0.15, 0.2) is 5.96 Å². The molecule has 0 radical (unpaired) electrons. The number of sulfonamides is 1. The topological polar surface area (TPSA) is 83.0 Å². The number of ether oxygens (including phenoxy) is 1. The molecule has 1 aliphatic carbocycles. The van der Waals surface area contributed by atoms with Crippen molar-refractivity contribution in [2.45, 2.75) is 37.2 Å². The third-order valence-corrected chi connectivity index (χ3v) is 5.87. The summed E-state index contributed by atoms with van der Waals surface area (Å²) in [5.74, 6) is 1.24. The summed E-state index contributed by atoms with van der Waals surface area (Å²) in [6.07, 6.45) is 3.04. The van der Waals surface area contributed by atoms with Crippen LogP contribution in [-0.4, -0.2) is 70.1 Å². The number of aliphatic imine (C=N–C) groups is 1. The number of hydrogen-bond donors (Lipinski definition) is 2. The Hall–Kier alpha value is -0.340. The maximum absolute atomic E-state index is 12.5. The van der Waals surface area contributed by atoms with Gasteiger partial charge >= 0.3 is 15.5 Å². The SMILES string of the molecule is CN=C(NCCOCC1CC1)NC1CCN(S(=O)(=O)C(F)(F)F)CC1.I. The van der Waals surface area contributed by atoms with Gasteiger partial charge in [-0.25, -0.2) is 8.42 Å². The van der Waals surface area contributed by atoms with Crippen LogP contribution < -0.4 is 10.6 Å². The molecule has 0 aromatic heterocycles. The highest BCUT2D eigenvalue weighted by atomic mass is 127. The minimum atomic E-state index is -5.24. The zero-order chi connectivity index (χ0) is 18.5.